The number of benzene rings is 1. The third-order valence-corrected chi connectivity index (χ3v) is 6.36. The second-order valence-corrected chi connectivity index (χ2v) is 7.92. The Labute approximate surface area is 124 Å². The smallest absolute Gasteiger partial charge is 0.240 e. The molecule has 1 aliphatic heterocycles. The summed E-state index contributed by atoms with van der Waals surface area (Å²) in [6, 6.07) is 4.92. The van der Waals surface area contributed by atoms with Crippen molar-refractivity contribution in [3.05, 3.63) is 18.2 Å². The number of rotatable bonds is 3. The van der Waals surface area contributed by atoms with Gasteiger partial charge in [0.25, 0.3) is 0 Å². The van der Waals surface area contributed by atoms with Crippen LogP contribution in [-0.2, 0) is 10.0 Å². The van der Waals surface area contributed by atoms with Crippen LogP contribution in [-0.4, -0.2) is 27.7 Å². The summed E-state index contributed by atoms with van der Waals surface area (Å²) in [4.78, 5) is 0.259. The van der Waals surface area contributed by atoms with E-state index in [1.54, 1.807) is 18.2 Å². The van der Waals surface area contributed by atoms with Crippen molar-refractivity contribution in [3.8, 4) is 11.5 Å². The van der Waals surface area contributed by atoms with Crippen LogP contribution in [0, 0.1) is 11.8 Å². The van der Waals surface area contributed by atoms with E-state index in [9.17, 15) is 8.42 Å². The largest absolute Gasteiger partial charge is 0.486 e. The Bertz CT molecular complexity index is 658. The van der Waals surface area contributed by atoms with Crippen molar-refractivity contribution < 1.29 is 17.9 Å². The number of ether oxygens (including phenoxy) is 2. The van der Waals surface area contributed by atoms with E-state index in [0.717, 1.165) is 12.8 Å². The SMILES string of the molecule is O=S(=O)(N[C@H]1C[C@H]2CC[C@H]1C2)c1ccc2c(c1)OCCO2. The van der Waals surface area contributed by atoms with Crippen molar-refractivity contribution in [2.75, 3.05) is 13.2 Å². The molecule has 3 aliphatic rings. The van der Waals surface area contributed by atoms with Crippen LogP contribution < -0.4 is 14.2 Å². The minimum atomic E-state index is -3.49. The summed E-state index contributed by atoms with van der Waals surface area (Å²) >= 11 is 0. The predicted molar refractivity (Wildman–Crippen MR) is 77.0 cm³/mol. The first-order chi connectivity index (χ1) is 10.1. The van der Waals surface area contributed by atoms with Crippen LogP contribution in [0.25, 0.3) is 0 Å². The molecule has 3 atom stereocenters. The van der Waals surface area contributed by atoms with Crippen molar-refractivity contribution in [3.63, 3.8) is 0 Å². The number of hydrogen-bond acceptors (Lipinski definition) is 4. The van der Waals surface area contributed by atoms with E-state index in [2.05, 4.69) is 4.72 Å². The molecular weight excluding hydrogens is 290 g/mol. The molecule has 114 valence electrons. The van der Waals surface area contributed by atoms with Crippen molar-refractivity contribution >= 4 is 10.0 Å². The number of hydrogen-bond donors (Lipinski definition) is 1. The summed E-state index contributed by atoms with van der Waals surface area (Å²) < 4.78 is 38.9. The summed E-state index contributed by atoms with van der Waals surface area (Å²) in [6.45, 7) is 0.957. The van der Waals surface area contributed by atoms with Crippen LogP contribution >= 0.6 is 0 Å². The molecule has 0 saturated heterocycles. The fourth-order valence-corrected chi connectivity index (χ4v) is 5.18. The first-order valence-corrected chi connectivity index (χ1v) is 9.02. The molecule has 4 rings (SSSR count). The van der Waals surface area contributed by atoms with Gasteiger partial charge < -0.3 is 9.47 Å². The molecule has 1 aromatic rings. The number of fused-ring (bicyclic) bond motifs is 3. The Morgan fingerprint density at radius 2 is 1.86 bits per heavy atom. The minimum absolute atomic E-state index is 0.0990. The fourth-order valence-electron chi connectivity index (χ4n) is 3.85. The van der Waals surface area contributed by atoms with Crippen LogP contribution in [0.2, 0.25) is 0 Å². The van der Waals surface area contributed by atoms with Crippen molar-refractivity contribution in [1.82, 2.24) is 4.72 Å². The van der Waals surface area contributed by atoms with Gasteiger partial charge in [-0.2, -0.15) is 0 Å². The zero-order valence-electron chi connectivity index (χ0n) is 11.7. The van der Waals surface area contributed by atoms with E-state index >= 15 is 0 Å². The molecule has 0 unspecified atom stereocenters. The van der Waals surface area contributed by atoms with Crippen molar-refractivity contribution in [1.29, 1.82) is 0 Å². The molecule has 0 aromatic heterocycles. The summed E-state index contributed by atoms with van der Waals surface area (Å²) in [5, 5.41) is 0. The molecular formula is C15H19NO4S. The minimum Gasteiger partial charge on any atom is -0.486 e. The molecule has 0 spiro atoms. The zero-order valence-corrected chi connectivity index (χ0v) is 12.6. The van der Waals surface area contributed by atoms with E-state index in [1.165, 1.54) is 12.8 Å². The predicted octanol–water partition coefficient (Wildman–Crippen LogP) is 1.92. The van der Waals surface area contributed by atoms with Gasteiger partial charge in [0.2, 0.25) is 10.0 Å². The quantitative estimate of drug-likeness (QED) is 0.926. The van der Waals surface area contributed by atoms with Gasteiger partial charge >= 0.3 is 0 Å². The highest BCUT2D eigenvalue weighted by molar-refractivity contribution is 7.89. The second-order valence-electron chi connectivity index (χ2n) is 6.21. The summed E-state index contributed by atoms with van der Waals surface area (Å²) in [5.74, 6) is 2.35. The van der Waals surface area contributed by atoms with E-state index in [-0.39, 0.29) is 10.9 Å². The average molecular weight is 309 g/mol. The topological polar surface area (TPSA) is 64.6 Å². The van der Waals surface area contributed by atoms with Gasteiger partial charge in [-0.25, -0.2) is 13.1 Å². The molecule has 2 fully saturated rings. The lowest BCUT2D eigenvalue weighted by Gasteiger charge is -2.23. The highest BCUT2D eigenvalue weighted by Gasteiger charge is 2.41. The molecule has 2 saturated carbocycles. The molecule has 1 heterocycles. The van der Waals surface area contributed by atoms with Gasteiger partial charge in [0.05, 0.1) is 4.90 Å². The van der Waals surface area contributed by atoms with Crippen LogP contribution in [0.3, 0.4) is 0 Å². The first-order valence-electron chi connectivity index (χ1n) is 7.54. The van der Waals surface area contributed by atoms with Gasteiger partial charge in [-0.15, -0.1) is 0 Å². The van der Waals surface area contributed by atoms with Gasteiger partial charge in [-0.3, -0.25) is 0 Å². The highest BCUT2D eigenvalue weighted by atomic mass is 32.2. The Hall–Kier alpha value is -1.27. The van der Waals surface area contributed by atoms with Gasteiger partial charge in [0.1, 0.15) is 13.2 Å². The number of sulfonamides is 1. The van der Waals surface area contributed by atoms with Gasteiger partial charge in [0.15, 0.2) is 11.5 Å². The van der Waals surface area contributed by atoms with Crippen LogP contribution in [0.15, 0.2) is 23.1 Å². The Morgan fingerprint density at radius 3 is 2.57 bits per heavy atom. The van der Waals surface area contributed by atoms with Crippen molar-refractivity contribution in [2.24, 2.45) is 11.8 Å². The normalized spacial score (nSPS) is 30.6. The Balaban J connectivity index is 1.57. The molecule has 1 N–H and O–H groups in total. The lowest BCUT2D eigenvalue weighted by Crippen LogP contribution is -2.38. The average Bonchev–Trinajstić information content (AvgIpc) is 3.09. The van der Waals surface area contributed by atoms with Gasteiger partial charge in [-0.05, 0) is 43.2 Å². The van der Waals surface area contributed by atoms with Crippen molar-refractivity contribution in [2.45, 2.75) is 36.6 Å². The molecule has 21 heavy (non-hydrogen) atoms. The van der Waals surface area contributed by atoms with Crippen LogP contribution in [0.5, 0.6) is 11.5 Å². The third kappa shape index (κ3) is 2.40. The highest BCUT2D eigenvalue weighted by Crippen LogP contribution is 2.45. The van der Waals surface area contributed by atoms with Gasteiger partial charge in [-0.1, -0.05) is 6.42 Å². The molecule has 1 aromatic carbocycles. The lowest BCUT2D eigenvalue weighted by molar-refractivity contribution is 0.171. The molecule has 2 bridgehead atoms. The Morgan fingerprint density at radius 1 is 1.05 bits per heavy atom. The van der Waals surface area contributed by atoms with E-state index in [0.29, 0.717) is 36.5 Å². The van der Waals surface area contributed by atoms with E-state index < -0.39 is 10.0 Å². The molecule has 5 nitrogen and oxygen atoms in total. The van der Waals surface area contributed by atoms with Gasteiger partial charge in [0, 0.05) is 12.1 Å². The summed E-state index contributed by atoms with van der Waals surface area (Å²) in [7, 11) is -3.49. The summed E-state index contributed by atoms with van der Waals surface area (Å²) in [6.07, 6.45) is 4.56. The van der Waals surface area contributed by atoms with E-state index in [4.69, 9.17) is 9.47 Å². The standard InChI is InChI=1S/C15H19NO4S/c17-21(18,16-13-8-10-1-2-11(13)7-10)12-3-4-14-15(9-12)20-6-5-19-14/h3-4,9-11,13,16H,1-2,5-8H2/t10-,11-,13-/m0/s1. The maximum Gasteiger partial charge on any atom is 0.240 e. The zero-order chi connectivity index (χ0) is 14.4. The third-order valence-electron chi connectivity index (χ3n) is 4.87. The van der Waals surface area contributed by atoms with Crippen LogP contribution in [0.4, 0.5) is 0 Å². The fraction of sp³-hybridized carbons (Fsp3) is 0.600. The summed E-state index contributed by atoms with van der Waals surface area (Å²) in [5.41, 5.74) is 0. The molecule has 0 amide bonds. The molecule has 6 heteroatoms. The second kappa shape index (κ2) is 4.88. The Kier molecular flexibility index (Phi) is 3.11. The van der Waals surface area contributed by atoms with E-state index in [1.807, 2.05) is 0 Å². The van der Waals surface area contributed by atoms with Crippen LogP contribution in [0.1, 0.15) is 25.7 Å². The maximum atomic E-state index is 12.5. The lowest BCUT2D eigenvalue weighted by atomic mass is 9.96. The number of nitrogens with one attached hydrogen (secondary N) is 1. The molecule has 0 radical (unpaired) electrons. The molecule has 2 aliphatic carbocycles. The monoisotopic (exact) mass is 309 g/mol. The maximum absolute atomic E-state index is 12.5. The first kappa shape index (κ1) is 13.4.